The van der Waals surface area contributed by atoms with Gasteiger partial charge >= 0.3 is 0 Å². The lowest BCUT2D eigenvalue weighted by Crippen LogP contribution is -2.30. The van der Waals surface area contributed by atoms with Crippen LogP contribution >= 0.6 is 0 Å². The fourth-order valence-corrected chi connectivity index (χ4v) is 3.49. The van der Waals surface area contributed by atoms with Crippen molar-refractivity contribution >= 4 is 0 Å². The molecule has 0 spiro atoms. The summed E-state index contributed by atoms with van der Waals surface area (Å²) in [6, 6.07) is 10.0. The number of rotatable bonds is 5. The SMILES string of the molecule is COCc1ccccc1C1C(CN)CCN1C1CC1. The van der Waals surface area contributed by atoms with Crippen molar-refractivity contribution in [3.63, 3.8) is 0 Å². The maximum atomic E-state index is 6.01. The summed E-state index contributed by atoms with van der Waals surface area (Å²) in [7, 11) is 1.77. The molecule has 104 valence electrons. The summed E-state index contributed by atoms with van der Waals surface area (Å²) >= 11 is 0. The zero-order valence-electron chi connectivity index (χ0n) is 11.7. The molecule has 19 heavy (non-hydrogen) atoms. The summed E-state index contributed by atoms with van der Waals surface area (Å²) in [4.78, 5) is 2.69. The number of methoxy groups -OCH3 is 1. The van der Waals surface area contributed by atoms with E-state index in [-0.39, 0.29) is 0 Å². The number of ether oxygens (including phenoxy) is 1. The standard InChI is InChI=1S/C16H24N2O/c1-19-11-13-4-2-3-5-15(13)16-12(10-17)8-9-18(16)14-6-7-14/h2-5,12,14,16H,6-11,17H2,1H3. The maximum Gasteiger partial charge on any atom is 0.0716 e. The van der Waals surface area contributed by atoms with E-state index in [1.165, 1.54) is 36.9 Å². The van der Waals surface area contributed by atoms with Crippen molar-refractivity contribution < 1.29 is 4.74 Å². The van der Waals surface area contributed by atoms with Gasteiger partial charge in [-0.2, -0.15) is 0 Å². The van der Waals surface area contributed by atoms with Crippen LogP contribution in [0.25, 0.3) is 0 Å². The number of benzene rings is 1. The van der Waals surface area contributed by atoms with Gasteiger partial charge in [0, 0.05) is 19.2 Å². The van der Waals surface area contributed by atoms with Crippen LogP contribution in [0.3, 0.4) is 0 Å². The van der Waals surface area contributed by atoms with Gasteiger partial charge in [0.2, 0.25) is 0 Å². The second-order valence-corrected chi connectivity index (χ2v) is 5.83. The second kappa shape index (κ2) is 5.61. The molecule has 1 aromatic carbocycles. The highest BCUT2D eigenvalue weighted by molar-refractivity contribution is 5.31. The van der Waals surface area contributed by atoms with Crippen LogP contribution in [0.2, 0.25) is 0 Å². The minimum atomic E-state index is 0.504. The summed E-state index contributed by atoms with van der Waals surface area (Å²) in [5.41, 5.74) is 8.77. The smallest absolute Gasteiger partial charge is 0.0716 e. The molecule has 2 aliphatic rings. The van der Waals surface area contributed by atoms with Gasteiger partial charge in [-0.15, -0.1) is 0 Å². The summed E-state index contributed by atoms with van der Waals surface area (Å²) < 4.78 is 5.36. The number of nitrogens with two attached hydrogens (primary N) is 1. The molecule has 0 amide bonds. The van der Waals surface area contributed by atoms with Crippen LogP contribution < -0.4 is 5.73 Å². The van der Waals surface area contributed by atoms with Gasteiger partial charge in [0.15, 0.2) is 0 Å². The molecular weight excluding hydrogens is 236 g/mol. The molecule has 1 heterocycles. The molecule has 3 rings (SSSR count). The van der Waals surface area contributed by atoms with E-state index < -0.39 is 0 Å². The van der Waals surface area contributed by atoms with Gasteiger partial charge in [0.25, 0.3) is 0 Å². The Morgan fingerprint density at radius 1 is 1.26 bits per heavy atom. The summed E-state index contributed by atoms with van der Waals surface area (Å²) in [5, 5.41) is 0. The van der Waals surface area contributed by atoms with E-state index >= 15 is 0 Å². The van der Waals surface area contributed by atoms with Gasteiger partial charge in [-0.1, -0.05) is 24.3 Å². The van der Waals surface area contributed by atoms with Crippen LogP contribution in [0.5, 0.6) is 0 Å². The molecule has 0 radical (unpaired) electrons. The molecule has 1 aliphatic heterocycles. The zero-order valence-corrected chi connectivity index (χ0v) is 11.7. The predicted octanol–water partition coefficient (Wildman–Crippen LogP) is 2.32. The average molecular weight is 260 g/mol. The Bertz CT molecular complexity index is 431. The Balaban J connectivity index is 1.92. The average Bonchev–Trinajstić information content (AvgIpc) is 3.19. The van der Waals surface area contributed by atoms with Gasteiger partial charge in [0.1, 0.15) is 0 Å². The van der Waals surface area contributed by atoms with Crippen molar-refractivity contribution in [2.75, 3.05) is 20.2 Å². The van der Waals surface area contributed by atoms with Crippen LogP contribution in [0.4, 0.5) is 0 Å². The summed E-state index contributed by atoms with van der Waals surface area (Å²) in [6.07, 6.45) is 3.96. The molecule has 0 bridgehead atoms. The first-order valence-electron chi connectivity index (χ1n) is 7.37. The Morgan fingerprint density at radius 2 is 2.05 bits per heavy atom. The van der Waals surface area contributed by atoms with E-state index in [0.717, 1.165) is 12.6 Å². The van der Waals surface area contributed by atoms with Crippen molar-refractivity contribution in [2.24, 2.45) is 11.7 Å². The fourth-order valence-electron chi connectivity index (χ4n) is 3.49. The molecule has 0 aromatic heterocycles. The molecule has 2 atom stereocenters. The normalized spacial score (nSPS) is 27.9. The Kier molecular flexibility index (Phi) is 3.87. The highest BCUT2D eigenvalue weighted by atomic mass is 16.5. The Labute approximate surface area is 115 Å². The fraction of sp³-hybridized carbons (Fsp3) is 0.625. The van der Waals surface area contributed by atoms with Crippen molar-refractivity contribution in [1.29, 1.82) is 0 Å². The third-order valence-corrected chi connectivity index (χ3v) is 4.55. The first-order chi connectivity index (χ1) is 9.35. The largest absolute Gasteiger partial charge is 0.380 e. The molecule has 1 saturated heterocycles. The zero-order chi connectivity index (χ0) is 13.2. The van der Waals surface area contributed by atoms with Gasteiger partial charge in [0.05, 0.1) is 6.61 Å². The van der Waals surface area contributed by atoms with E-state index in [1.54, 1.807) is 7.11 Å². The summed E-state index contributed by atoms with van der Waals surface area (Å²) in [5.74, 6) is 0.596. The lowest BCUT2D eigenvalue weighted by Gasteiger charge is -2.30. The highest BCUT2D eigenvalue weighted by Crippen LogP contribution is 2.44. The predicted molar refractivity (Wildman–Crippen MR) is 76.8 cm³/mol. The number of hydrogen-bond acceptors (Lipinski definition) is 3. The van der Waals surface area contributed by atoms with E-state index in [9.17, 15) is 0 Å². The van der Waals surface area contributed by atoms with E-state index in [2.05, 4.69) is 29.2 Å². The van der Waals surface area contributed by atoms with Crippen LogP contribution in [-0.2, 0) is 11.3 Å². The summed E-state index contributed by atoms with van der Waals surface area (Å²) in [6.45, 7) is 2.69. The van der Waals surface area contributed by atoms with Crippen molar-refractivity contribution in [2.45, 2.75) is 38.0 Å². The number of nitrogens with zero attached hydrogens (tertiary/aromatic N) is 1. The van der Waals surface area contributed by atoms with Gasteiger partial charge < -0.3 is 10.5 Å². The molecule has 2 fully saturated rings. The molecule has 3 heteroatoms. The van der Waals surface area contributed by atoms with Gasteiger partial charge in [-0.05, 0) is 49.4 Å². The quantitative estimate of drug-likeness (QED) is 0.883. The van der Waals surface area contributed by atoms with E-state index in [4.69, 9.17) is 10.5 Å². The number of hydrogen-bond donors (Lipinski definition) is 1. The van der Waals surface area contributed by atoms with E-state index in [1.807, 2.05) is 0 Å². The van der Waals surface area contributed by atoms with Crippen molar-refractivity contribution in [1.82, 2.24) is 4.90 Å². The Morgan fingerprint density at radius 3 is 2.74 bits per heavy atom. The lowest BCUT2D eigenvalue weighted by atomic mass is 9.90. The topological polar surface area (TPSA) is 38.5 Å². The maximum absolute atomic E-state index is 6.01. The molecular formula is C16H24N2O. The van der Waals surface area contributed by atoms with E-state index in [0.29, 0.717) is 18.6 Å². The minimum Gasteiger partial charge on any atom is -0.380 e. The Hall–Kier alpha value is -0.900. The van der Waals surface area contributed by atoms with Gasteiger partial charge in [-0.25, -0.2) is 0 Å². The molecule has 1 aromatic rings. The van der Waals surface area contributed by atoms with Crippen molar-refractivity contribution in [3.05, 3.63) is 35.4 Å². The van der Waals surface area contributed by atoms with Crippen LogP contribution in [0.1, 0.15) is 36.4 Å². The van der Waals surface area contributed by atoms with Crippen LogP contribution in [0.15, 0.2) is 24.3 Å². The van der Waals surface area contributed by atoms with Gasteiger partial charge in [-0.3, -0.25) is 4.90 Å². The monoisotopic (exact) mass is 260 g/mol. The van der Waals surface area contributed by atoms with Crippen LogP contribution in [-0.4, -0.2) is 31.1 Å². The highest BCUT2D eigenvalue weighted by Gasteiger charge is 2.42. The van der Waals surface area contributed by atoms with Crippen LogP contribution in [0, 0.1) is 5.92 Å². The third-order valence-electron chi connectivity index (χ3n) is 4.55. The number of likely N-dealkylation sites (tertiary alicyclic amines) is 1. The molecule has 2 N–H and O–H groups in total. The first kappa shape index (κ1) is 13.1. The molecule has 3 nitrogen and oxygen atoms in total. The molecule has 1 aliphatic carbocycles. The molecule has 2 unspecified atom stereocenters. The lowest BCUT2D eigenvalue weighted by molar-refractivity contribution is 0.177. The molecule has 1 saturated carbocycles. The minimum absolute atomic E-state index is 0.504. The first-order valence-corrected chi connectivity index (χ1v) is 7.37. The third kappa shape index (κ3) is 2.55. The van der Waals surface area contributed by atoms with Crippen molar-refractivity contribution in [3.8, 4) is 0 Å². The second-order valence-electron chi connectivity index (χ2n) is 5.83.